The Bertz CT molecular complexity index is 418. The molecule has 2 heterocycles. The average molecular weight is 297 g/mol. The molecule has 0 aromatic carbocycles. The normalized spacial score (nSPS) is 23.2. The summed E-state index contributed by atoms with van der Waals surface area (Å²) in [5.74, 6) is -0.760. The van der Waals surface area contributed by atoms with E-state index in [1.807, 2.05) is 4.90 Å². The molecular formula is C14H23N3O4. The van der Waals surface area contributed by atoms with E-state index in [1.165, 1.54) is 6.92 Å². The molecule has 2 N–H and O–H groups in total. The molecule has 3 amide bonds. The molecule has 0 aromatic rings. The number of piperidine rings is 1. The molecular weight excluding hydrogens is 274 g/mol. The second-order valence-corrected chi connectivity index (χ2v) is 5.94. The number of nitrogens with one attached hydrogen (secondary N) is 1. The molecule has 0 radical (unpaired) electrons. The number of hydrogen-bond donors (Lipinski definition) is 2. The number of carbonyl (C=O) groups excluding carboxylic acids is 2. The van der Waals surface area contributed by atoms with Gasteiger partial charge in [0.2, 0.25) is 5.91 Å². The van der Waals surface area contributed by atoms with E-state index >= 15 is 0 Å². The van der Waals surface area contributed by atoms with Crippen LogP contribution in [-0.2, 0) is 9.59 Å². The zero-order chi connectivity index (χ0) is 15.4. The maximum absolute atomic E-state index is 12.4. The quantitative estimate of drug-likeness (QED) is 0.794. The van der Waals surface area contributed by atoms with Crippen LogP contribution in [0.1, 0.15) is 32.6 Å². The molecule has 0 bridgehead atoms. The molecule has 7 nitrogen and oxygen atoms in total. The van der Waals surface area contributed by atoms with Crippen LogP contribution in [-0.4, -0.2) is 65.0 Å². The fourth-order valence-corrected chi connectivity index (χ4v) is 3.12. The van der Waals surface area contributed by atoms with Crippen molar-refractivity contribution in [1.29, 1.82) is 0 Å². The predicted octanol–water partition coefficient (Wildman–Crippen LogP) is 0.504. The first-order valence-corrected chi connectivity index (χ1v) is 7.48. The second-order valence-electron chi connectivity index (χ2n) is 5.94. The number of likely N-dealkylation sites (tertiary alicyclic amines) is 2. The lowest BCUT2D eigenvalue weighted by atomic mass is 10.1. The van der Waals surface area contributed by atoms with Crippen LogP contribution in [0.25, 0.3) is 0 Å². The summed E-state index contributed by atoms with van der Waals surface area (Å²) in [4.78, 5) is 37.7. The number of hydrogen-bond acceptors (Lipinski definition) is 3. The summed E-state index contributed by atoms with van der Waals surface area (Å²) in [6.07, 6.45) is 2.45. The van der Waals surface area contributed by atoms with Crippen molar-refractivity contribution in [1.82, 2.24) is 15.1 Å². The van der Waals surface area contributed by atoms with E-state index in [2.05, 4.69) is 5.32 Å². The van der Waals surface area contributed by atoms with Crippen molar-refractivity contribution in [3.63, 3.8) is 0 Å². The summed E-state index contributed by atoms with van der Waals surface area (Å²) in [6, 6.07) is 0.161. The van der Waals surface area contributed by atoms with Gasteiger partial charge in [0.05, 0.1) is 0 Å². The molecule has 21 heavy (non-hydrogen) atoms. The minimum Gasteiger partial charge on any atom is -0.481 e. The van der Waals surface area contributed by atoms with Gasteiger partial charge in [-0.1, -0.05) is 0 Å². The summed E-state index contributed by atoms with van der Waals surface area (Å²) >= 11 is 0. The number of amides is 3. The van der Waals surface area contributed by atoms with Crippen LogP contribution in [0.5, 0.6) is 0 Å². The van der Waals surface area contributed by atoms with E-state index in [0.717, 1.165) is 19.3 Å². The minimum absolute atomic E-state index is 0.00386. The van der Waals surface area contributed by atoms with E-state index in [9.17, 15) is 14.4 Å². The maximum atomic E-state index is 12.4. The molecule has 1 unspecified atom stereocenters. The highest BCUT2D eigenvalue weighted by Gasteiger charge is 2.32. The van der Waals surface area contributed by atoms with E-state index in [0.29, 0.717) is 26.2 Å². The molecule has 2 saturated heterocycles. The molecule has 118 valence electrons. The van der Waals surface area contributed by atoms with E-state index in [1.54, 1.807) is 4.90 Å². The van der Waals surface area contributed by atoms with Gasteiger partial charge in [-0.25, -0.2) is 4.79 Å². The Labute approximate surface area is 124 Å². The largest absolute Gasteiger partial charge is 0.481 e. The van der Waals surface area contributed by atoms with Crippen molar-refractivity contribution < 1.29 is 19.5 Å². The molecule has 2 fully saturated rings. The minimum atomic E-state index is -0.801. The fourth-order valence-electron chi connectivity index (χ4n) is 3.12. The van der Waals surface area contributed by atoms with Gasteiger partial charge < -0.3 is 20.2 Å². The molecule has 2 aliphatic heterocycles. The molecule has 0 aromatic heterocycles. The first-order chi connectivity index (χ1) is 9.95. The first-order valence-electron chi connectivity index (χ1n) is 7.48. The molecule has 1 atom stereocenters. The number of carbonyl (C=O) groups is 3. The van der Waals surface area contributed by atoms with Crippen molar-refractivity contribution in [2.45, 2.75) is 38.6 Å². The molecule has 2 aliphatic rings. The highest BCUT2D eigenvalue weighted by atomic mass is 16.4. The van der Waals surface area contributed by atoms with Crippen molar-refractivity contribution >= 4 is 17.9 Å². The number of urea groups is 1. The van der Waals surface area contributed by atoms with Crippen LogP contribution in [0.15, 0.2) is 0 Å². The summed E-state index contributed by atoms with van der Waals surface area (Å²) < 4.78 is 0. The van der Waals surface area contributed by atoms with Gasteiger partial charge in [0.25, 0.3) is 0 Å². The Kier molecular flexibility index (Phi) is 5.03. The van der Waals surface area contributed by atoms with Crippen molar-refractivity contribution in [3.8, 4) is 0 Å². The first kappa shape index (κ1) is 15.6. The monoisotopic (exact) mass is 297 g/mol. The van der Waals surface area contributed by atoms with Crippen LogP contribution in [0.3, 0.4) is 0 Å². The Morgan fingerprint density at radius 1 is 1.10 bits per heavy atom. The van der Waals surface area contributed by atoms with Crippen LogP contribution in [0, 0.1) is 5.92 Å². The Balaban J connectivity index is 1.77. The highest BCUT2D eigenvalue weighted by Crippen LogP contribution is 2.22. The van der Waals surface area contributed by atoms with Gasteiger partial charge in [0.1, 0.15) is 0 Å². The molecule has 0 spiro atoms. The summed E-state index contributed by atoms with van der Waals surface area (Å²) in [5.41, 5.74) is 0. The third-order valence-electron chi connectivity index (χ3n) is 4.19. The van der Waals surface area contributed by atoms with Crippen LogP contribution in [0.2, 0.25) is 0 Å². The number of rotatable bonds is 3. The van der Waals surface area contributed by atoms with Gasteiger partial charge in [0.15, 0.2) is 0 Å². The predicted molar refractivity (Wildman–Crippen MR) is 75.7 cm³/mol. The summed E-state index contributed by atoms with van der Waals surface area (Å²) in [7, 11) is 0. The van der Waals surface area contributed by atoms with E-state index < -0.39 is 5.97 Å². The number of nitrogens with zero attached hydrogens (tertiary/aromatic N) is 2. The van der Waals surface area contributed by atoms with Gasteiger partial charge in [-0.15, -0.1) is 0 Å². The highest BCUT2D eigenvalue weighted by molar-refractivity contribution is 5.75. The fraction of sp³-hybridized carbons (Fsp3) is 0.786. The van der Waals surface area contributed by atoms with E-state index in [4.69, 9.17) is 5.11 Å². The van der Waals surface area contributed by atoms with Gasteiger partial charge in [-0.2, -0.15) is 0 Å². The van der Waals surface area contributed by atoms with Crippen LogP contribution < -0.4 is 5.32 Å². The van der Waals surface area contributed by atoms with Gasteiger partial charge in [-0.3, -0.25) is 9.59 Å². The van der Waals surface area contributed by atoms with Crippen LogP contribution in [0.4, 0.5) is 4.79 Å². The SMILES string of the molecule is CC(=O)NC1CCN(C(=O)N2CCC(CC(=O)O)C2)CC1. The summed E-state index contributed by atoms with van der Waals surface area (Å²) in [6.45, 7) is 3.97. The van der Waals surface area contributed by atoms with Gasteiger partial charge in [0, 0.05) is 45.6 Å². The standard InChI is InChI=1S/C14H23N3O4/c1-10(18)15-12-3-6-16(7-4-12)14(21)17-5-2-11(9-17)8-13(19)20/h11-12H,2-9H2,1H3,(H,15,18)(H,19,20). The lowest BCUT2D eigenvalue weighted by Gasteiger charge is -2.34. The number of carboxylic acids is 1. The third kappa shape index (κ3) is 4.34. The molecule has 0 saturated carbocycles. The van der Waals surface area contributed by atoms with Gasteiger partial charge >= 0.3 is 12.0 Å². The second kappa shape index (κ2) is 6.78. The third-order valence-corrected chi connectivity index (χ3v) is 4.19. The van der Waals surface area contributed by atoms with Crippen molar-refractivity contribution in [2.75, 3.05) is 26.2 Å². The Morgan fingerprint density at radius 2 is 1.71 bits per heavy atom. The van der Waals surface area contributed by atoms with Crippen LogP contribution >= 0.6 is 0 Å². The van der Waals surface area contributed by atoms with Gasteiger partial charge in [-0.05, 0) is 25.2 Å². The lowest BCUT2D eigenvalue weighted by molar-refractivity contribution is -0.138. The van der Waals surface area contributed by atoms with Crippen molar-refractivity contribution in [3.05, 3.63) is 0 Å². The topological polar surface area (TPSA) is 90.0 Å². The number of carboxylic acid groups (broad SMARTS) is 1. The Morgan fingerprint density at radius 3 is 2.29 bits per heavy atom. The molecule has 7 heteroatoms. The maximum Gasteiger partial charge on any atom is 0.320 e. The zero-order valence-corrected chi connectivity index (χ0v) is 12.4. The Hall–Kier alpha value is -1.79. The van der Waals surface area contributed by atoms with Crippen molar-refractivity contribution in [2.24, 2.45) is 5.92 Å². The smallest absolute Gasteiger partial charge is 0.320 e. The van der Waals surface area contributed by atoms with E-state index in [-0.39, 0.29) is 30.3 Å². The lowest BCUT2D eigenvalue weighted by Crippen LogP contribution is -2.50. The number of aliphatic carboxylic acids is 1. The zero-order valence-electron chi connectivity index (χ0n) is 12.4. The summed E-state index contributed by atoms with van der Waals surface area (Å²) in [5, 5.41) is 11.7. The average Bonchev–Trinajstić information content (AvgIpc) is 2.85. The molecule has 2 rings (SSSR count). The molecule has 0 aliphatic carbocycles.